The Labute approximate surface area is 109 Å². The Bertz CT molecular complexity index is 497. The van der Waals surface area contributed by atoms with Crippen LogP contribution in [0.3, 0.4) is 0 Å². The summed E-state index contributed by atoms with van der Waals surface area (Å²) in [5.41, 5.74) is 3.68. The number of aryl methyl sites for hydroxylation is 1. The summed E-state index contributed by atoms with van der Waals surface area (Å²) in [6.07, 6.45) is -0.470. The normalized spacial score (nSPS) is 19.8. The summed E-state index contributed by atoms with van der Waals surface area (Å²) in [6, 6.07) is 2.37. The van der Waals surface area contributed by atoms with Gasteiger partial charge >= 0.3 is 6.03 Å². The van der Waals surface area contributed by atoms with Crippen LogP contribution >= 0.6 is 11.6 Å². The van der Waals surface area contributed by atoms with E-state index in [4.69, 9.17) is 11.6 Å². The van der Waals surface area contributed by atoms with Gasteiger partial charge in [-0.15, -0.1) is 0 Å². The van der Waals surface area contributed by atoms with Crippen LogP contribution in [0.4, 0.5) is 14.9 Å². The van der Waals surface area contributed by atoms with Crippen LogP contribution in [0.5, 0.6) is 5.75 Å². The highest BCUT2D eigenvalue weighted by Crippen LogP contribution is 2.33. The van der Waals surface area contributed by atoms with Crippen LogP contribution in [0.2, 0.25) is 5.02 Å². The molecule has 1 unspecified atom stereocenters. The van der Waals surface area contributed by atoms with Crippen molar-refractivity contribution in [1.82, 2.24) is 10.3 Å². The Morgan fingerprint density at radius 2 is 2.22 bits per heavy atom. The van der Waals surface area contributed by atoms with Crippen molar-refractivity contribution in [2.45, 2.75) is 20.0 Å². The molecule has 0 spiro atoms. The molecule has 1 fully saturated rings. The molecule has 18 heavy (non-hydrogen) atoms. The molecule has 0 aliphatic carbocycles. The van der Waals surface area contributed by atoms with E-state index in [-0.39, 0.29) is 5.75 Å². The molecule has 1 atom stereocenters. The fourth-order valence-corrected chi connectivity index (χ4v) is 2.06. The third-order valence-electron chi connectivity index (χ3n) is 2.86. The number of rotatable bonds is 2. The molecular weight excluding hydrogens is 261 g/mol. The Hall–Kier alpha value is -1.53. The van der Waals surface area contributed by atoms with Gasteiger partial charge in [0.2, 0.25) is 0 Å². The number of nitrogens with one attached hydrogen (secondary N) is 1. The zero-order chi connectivity index (χ0) is 13.4. The molecule has 5 nitrogen and oxygen atoms in total. The van der Waals surface area contributed by atoms with Crippen molar-refractivity contribution in [1.29, 1.82) is 0 Å². The molecule has 1 saturated heterocycles. The van der Waals surface area contributed by atoms with Crippen LogP contribution in [0, 0.1) is 6.92 Å². The molecule has 1 aromatic carbocycles. The minimum absolute atomic E-state index is 0.0235. The van der Waals surface area contributed by atoms with Gasteiger partial charge < -0.3 is 5.11 Å². The lowest BCUT2D eigenvalue weighted by Crippen LogP contribution is -2.36. The maximum absolute atomic E-state index is 12.7. The standard InChI is InChI=1S/C11H13ClFN3O2/c1-6-3-8(12)9(4-10(6)17)16-11(18)15(5-13)7(2)14-16/h3-4,7,14,17H,5H2,1-2H3. The Kier molecular flexibility index (Phi) is 3.32. The van der Waals surface area contributed by atoms with Gasteiger partial charge in [0, 0.05) is 6.07 Å². The van der Waals surface area contributed by atoms with E-state index in [0.717, 1.165) is 9.91 Å². The highest BCUT2D eigenvalue weighted by Gasteiger charge is 2.36. The van der Waals surface area contributed by atoms with Gasteiger partial charge in [-0.2, -0.15) is 0 Å². The number of carbonyl (C=O) groups excluding carboxylic acids is 1. The number of hydrogen-bond acceptors (Lipinski definition) is 3. The number of alkyl halides is 1. The molecular formula is C11H13ClFN3O2. The van der Waals surface area contributed by atoms with Gasteiger partial charge in [0.1, 0.15) is 11.9 Å². The predicted molar refractivity (Wildman–Crippen MR) is 66.1 cm³/mol. The Morgan fingerprint density at radius 1 is 1.56 bits per heavy atom. The second kappa shape index (κ2) is 4.62. The highest BCUT2D eigenvalue weighted by atomic mass is 35.5. The molecule has 0 bridgehead atoms. The van der Waals surface area contributed by atoms with E-state index < -0.39 is 19.0 Å². The summed E-state index contributed by atoms with van der Waals surface area (Å²) in [5.74, 6) is 0.0235. The number of urea groups is 1. The third-order valence-corrected chi connectivity index (χ3v) is 3.16. The molecule has 0 aromatic heterocycles. The molecule has 0 saturated carbocycles. The molecule has 2 N–H and O–H groups in total. The number of hydrogen-bond donors (Lipinski definition) is 2. The van der Waals surface area contributed by atoms with Crippen LogP contribution < -0.4 is 10.4 Å². The summed E-state index contributed by atoms with van der Waals surface area (Å²) in [6.45, 7) is 2.46. The first kappa shape index (κ1) is 12.9. The number of aromatic hydroxyl groups is 1. The maximum atomic E-state index is 12.7. The smallest absolute Gasteiger partial charge is 0.342 e. The maximum Gasteiger partial charge on any atom is 0.342 e. The zero-order valence-corrected chi connectivity index (χ0v) is 10.7. The van der Waals surface area contributed by atoms with Crippen molar-refractivity contribution < 1.29 is 14.3 Å². The van der Waals surface area contributed by atoms with Crippen molar-refractivity contribution >= 4 is 23.3 Å². The quantitative estimate of drug-likeness (QED) is 0.814. The Balaban J connectivity index is 2.39. The van der Waals surface area contributed by atoms with Crippen molar-refractivity contribution in [2.75, 3.05) is 11.8 Å². The van der Waals surface area contributed by atoms with E-state index in [0.29, 0.717) is 16.3 Å². The highest BCUT2D eigenvalue weighted by molar-refractivity contribution is 6.34. The number of phenolic OH excluding ortho intramolecular Hbond substituents is 1. The molecule has 7 heteroatoms. The number of anilines is 1. The lowest BCUT2D eigenvalue weighted by Gasteiger charge is -2.17. The van der Waals surface area contributed by atoms with Crippen LogP contribution in [0.1, 0.15) is 12.5 Å². The van der Waals surface area contributed by atoms with E-state index in [2.05, 4.69) is 5.43 Å². The SMILES string of the molecule is Cc1cc(Cl)c(N2NC(C)N(CF)C2=O)cc1O. The number of phenols is 1. The van der Waals surface area contributed by atoms with Crippen molar-refractivity contribution in [3.8, 4) is 5.75 Å². The molecule has 0 radical (unpaired) electrons. The summed E-state index contributed by atoms with van der Waals surface area (Å²) < 4.78 is 12.7. The molecule has 1 aliphatic rings. The fraction of sp³-hybridized carbons (Fsp3) is 0.364. The van der Waals surface area contributed by atoms with Gasteiger partial charge in [0.25, 0.3) is 0 Å². The molecule has 1 heterocycles. The second-order valence-corrected chi connectivity index (χ2v) is 4.51. The number of amides is 2. The van der Waals surface area contributed by atoms with Gasteiger partial charge in [-0.3, -0.25) is 4.90 Å². The zero-order valence-electron chi connectivity index (χ0n) is 9.94. The first-order valence-corrected chi connectivity index (χ1v) is 5.75. The van der Waals surface area contributed by atoms with E-state index in [1.54, 1.807) is 19.9 Å². The van der Waals surface area contributed by atoms with E-state index >= 15 is 0 Å². The largest absolute Gasteiger partial charge is 0.508 e. The van der Waals surface area contributed by atoms with Gasteiger partial charge in [-0.1, -0.05) is 11.6 Å². The van der Waals surface area contributed by atoms with Crippen LogP contribution in [-0.2, 0) is 0 Å². The summed E-state index contributed by atoms with van der Waals surface area (Å²) in [4.78, 5) is 12.9. The topological polar surface area (TPSA) is 55.8 Å². The first-order chi connectivity index (χ1) is 8.45. The van der Waals surface area contributed by atoms with Gasteiger partial charge in [-0.05, 0) is 25.5 Å². The molecule has 2 amide bonds. The molecule has 1 aromatic rings. The molecule has 98 valence electrons. The van der Waals surface area contributed by atoms with Crippen LogP contribution in [0.15, 0.2) is 12.1 Å². The van der Waals surface area contributed by atoms with Gasteiger partial charge in [0.15, 0.2) is 6.80 Å². The van der Waals surface area contributed by atoms with Crippen LogP contribution in [-0.4, -0.2) is 29.0 Å². The number of benzene rings is 1. The number of nitrogens with zero attached hydrogens (tertiary/aromatic N) is 2. The average Bonchev–Trinajstić information content (AvgIpc) is 2.59. The van der Waals surface area contributed by atoms with E-state index in [9.17, 15) is 14.3 Å². The number of hydrazine groups is 1. The minimum Gasteiger partial charge on any atom is -0.508 e. The lowest BCUT2D eigenvalue weighted by atomic mass is 10.2. The second-order valence-electron chi connectivity index (χ2n) is 4.10. The summed E-state index contributed by atoms with van der Waals surface area (Å²) >= 11 is 6.03. The van der Waals surface area contributed by atoms with Crippen molar-refractivity contribution in [2.24, 2.45) is 0 Å². The number of halogens is 2. The lowest BCUT2D eigenvalue weighted by molar-refractivity contribution is 0.171. The average molecular weight is 274 g/mol. The number of carbonyl (C=O) groups is 1. The summed E-state index contributed by atoms with van der Waals surface area (Å²) in [7, 11) is 0. The van der Waals surface area contributed by atoms with E-state index in [1.807, 2.05) is 0 Å². The molecule has 2 rings (SSSR count). The van der Waals surface area contributed by atoms with Gasteiger partial charge in [0.05, 0.1) is 10.7 Å². The fourth-order valence-electron chi connectivity index (χ4n) is 1.75. The monoisotopic (exact) mass is 273 g/mol. The predicted octanol–water partition coefficient (Wildman–Crippen LogP) is 2.37. The van der Waals surface area contributed by atoms with Crippen molar-refractivity contribution in [3.05, 3.63) is 22.7 Å². The van der Waals surface area contributed by atoms with E-state index in [1.165, 1.54) is 6.07 Å². The van der Waals surface area contributed by atoms with Crippen molar-refractivity contribution in [3.63, 3.8) is 0 Å². The first-order valence-electron chi connectivity index (χ1n) is 5.37. The van der Waals surface area contributed by atoms with Gasteiger partial charge in [-0.25, -0.2) is 19.6 Å². The minimum atomic E-state index is -0.890. The summed E-state index contributed by atoms with van der Waals surface area (Å²) in [5, 5.41) is 11.1. The molecule has 1 aliphatic heterocycles. The third kappa shape index (κ3) is 1.97. The van der Waals surface area contributed by atoms with Crippen LogP contribution in [0.25, 0.3) is 0 Å². The Morgan fingerprint density at radius 3 is 2.78 bits per heavy atom.